The second-order valence-electron chi connectivity index (χ2n) is 6.98. The summed E-state index contributed by atoms with van der Waals surface area (Å²) in [5, 5.41) is 0. The van der Waals surface area contributed by atoms with Crippen LogP contribution >= 0.6 is 0 Å². The first-order chi connectivity index (χ1) is 15.0. The van der Waals surface area contributed by atoms with Gasteiger partial charge in [-0.25, -0.2) is 18.7 Å². The lowest BCUT2D eigenvalue weighted by atomic mass is 10.1. The first kappa shape index (κ1) is 24.8. The number of aromatic nitrogens is 3. The topological polar surface area (TPSA) is 115 Å². The molecule has 0 aliphatic carbocycles. The average Bonchev–Trinajstić information content (AvgIpc) is 2.71. The number of hydrogen-bond donors (Lipinski definition) is 1. The minimum absolute atomic E-state index is 0.0439. The van der Waals surface area contributed by atoms with E-state index in [4.69, 9.17) is 17.9 Å². The molecular weight excluding hydrogens is 442 g/mol. The van der Waals surface area contributed by atoms with Crippen molar-refractivity contribution < 1.29 is 21.9 Å². The maximum Gasteiger partial charge on any atom is 0.308 e. The van der Waals surface area contributed by atoms with E-state index in [-0.39, 0.29) is 23.1 Å². The van der Waals surface area contributed by atoms with Crippen molar-refractivity contribution >= 4 is 10.5 Å². The van der Waals surface area contributed by atoms with Gasteiger partial charge in [-0.1, -0.05) is 6.92 Å². The highest BCUT2D eigenvalue weighted by molar-refractivity contribution is 7.60. The molecule has 2 heterocycles. The Hall–Kier alpha value is -3.47. The summed E-state index contributed by atoms with van der Waals surface area (Å²) in [5.41, 5.74) is 1.56. The zero-order valence-corrected chi connectivity index (χ0v) is 18.7. The number of rotatable bonds is 5. The lowest BCUT2D eigenvalue weighted by Crippen LogP contribution is -2.23. The van der Waals surface area contributed by atoms with Gasteiger partial charge in [-0.15, -0.1) is 0 Å². The van der Waals surface area contributed by atoms with Crippen LogP contribution in [0.15, 0.2) is 41.5 Å². The predicted molar refractivity (Wildman–Crippen MR) is 114 cm³/mol. The Balaban J connectivity index is 0.000000837. The maximum atomic E-state index is 14.1. The number of nitrogens with one attached hydrogen (secondary N) is 1. The molecule has 1 N–H and O–H groups in total. The number of halogens is 2. The monoisotopic (exact) mass is 464 g/mol. The molecule has 32 heavy (non-hydrogen) atoms. The fraction of sp³-hybridized carbons (Fsp3) is 0.286. The van der Waals surface area contributed by atoms with Crippen molar-refractivity contribution in [1.82, 2.24) is 14.5 Å². The van der Waals surface area contributed by atoms with Crippen LogP contribution in [0.25, 0.3) is 11.3 Å². The second-order valence-corrected chi connectivity index (χ2v) is 7.45. The maximum absolute atomic E-state index is 14.1. The van der Waals surface area contributed by atoms with Crippen molar-refractivity contribution in [2.45, 2.75) is 40.2 Å². The zero-order valence-electron chi connectivity index (χ0n) is 17.9. The predicted octanol–water partition coefficient (Wildman–Crippen LogP) is 4.46. The summed E-state index contributed by atoms with van der Waals surface area (Å²) in [4.78, 5) is 21.1. The van der Waals surface area contributed by atoms with Gasteiger partial charge in [-0.3, -0.25) is 4.79 Å². The van der Waals surface area contributed by atoms with Gasteiger partial charge in [0.05, 0.1) is 6.20 Å². The highest BCUT2D eigenvalue weighted by Crippen LogP contribution is 2.33. The molecule has 0 aliphatic heterocycles. The number of nitrogens with zero attached hydrogens (tertiary/aromatic N) is 3. The fourth-order valence-electron chi connectivity index (χ4n) is 2.79. The van der Waals surface area contributed by atoms with E-state index in [1.54, 1.807) is 23.8 Å². The average molecular weight is 464 g/mol. The van der Waals surface area contributed by atoms with Gasteiger partial charge in [0.2, 0.25) is 0 Å². The summed E-state index contributed by atoms with van der Waals surface area (Å²) in [5.74, 6) is -0.849. The Morgan fingerprint density at radius 2 is 1.84 bits per heavy atom. The Bertz CT molecular complexity index is 1290. The third-order valence-corrected chi connectivity index (χ3v) is 4.29. The second kappa shape index (κ2) is 10.7. The highest BCUT2D eigenvalue weighted by atomic mass is 32.2. The van der Waals surface area contributed by atoms with E-state index < -0.39 is 22.1 Å². The Kier molecular flexibility index (Phi) is 8.30. The van der Waals surface area contributed by atoms with Gasteiger partial charge in [0.1, 0.15) is 17.3 Å². The Labute approximate surface area is 185 Å². The van der Waals surface area contributed by atoms with E-state index in [0.29, 0.717) is 29.1 Å². The molecule has 2 aromatic heterocycles. The molecule has 0 saturated heterocycles. The fourth-order valence-corrected chi connectivity index (χ4v) is 2.79. The SMILES string of the molecule is CCc1ncc(Oc2ccc(F)cc2F)c(-c2cc(C)c(=O)n(C(C)C)c2)n1.N=S(=O)=O. The molecule has 0 bridgehead atoms. The van der Waals surface area contributed by atoms with Crippen LogP contribution < -0.4 is 10.3 Å². The molecule has 11 heteroatoms. The molecule has 170 valence electrons. The smallest absolute Gasteiger partial charge is 0.308 e. The van der Waals surface area contributed by atoms with E-state index >= 15 is 0 Å². The summed E-state index contributed by atoms with van der Waals surface area (Å²) in [6.07, 6.45) is 3.76. The molecule has 0 unspecified atom stereocenters. The molecule has 0 aliphatic rings. The first-order valence-corrected chi connectivity index (χ1v) is 10.6. The molecule has 3 aromatic rings. The van der Waals surface area contributed by atoms with Crippen LogP contribution in [0.5, 0.6) is 11.5 Å². The number of hydrogen-bond acceptors (Lipinski definition) is 7. The largest absolute Gasteiger partial charge is 0.450 e. The minimum atomic E-state index is -2.61. The highest BCUT2D eigenvalue weighted by Gasteiger charge is 2.16. The summed E-state index contributed by atoms with van der Waals surface area (Å²) < 4.78 is 57.3. The molecule has 0 fully saturated rings. The molecule has 8 nitrogen and oxygen atoms in total. The normalized spacial score (nSPS) is 10.5. The molecule has 0 amide bonds. The first-order valence-electron chi connectivity index (χ1n) is 9.55. The minimum Gasteiger partial charge on any atom is -0.450 e. The molecule has 0 radical (unpaired) electrons. The van der Waals surface area contributed by atoms with Crippen molar-refractivity contribution in [1.29, 1.82) is 4.78 Å². The van der Waals surface area contributed by atoms with Gasteiger partial charge in [-0.05, 0) is 39.0 Å². The van der Waals surface area contributed by atoms with Gasteiger partial charge in [0.15, 0.2) is 17.3 Å². The third-order valence-electron chi connectivity index (χ3n) is 4.29. The van der Waals surface area contributed by atoms with Gasteiger partial charge < -0.3 is 9.30 Å². The zero-order chi connectivity index (χ0) is 24.0. The summed E-state index contributed by atoms with van der Waals surface area (Å²) in [6, 6.07) is 4.75. The molecule has 0 saturated carbocycles. The lowest BCUT2D eigenvalue weighted by Gasteiger charge is -2.16. The van der Waals surface area contributed by atoms with Crippen molar-refractivity contribution in [3.8, 4) is 22.8 Å². The number of ether oxygens (including phenoxy) is 1. The Morgan fingerprint density at radius 1 is 1.19 bits per heavy atom. The van der Waals surface area contributed by atoms with Gasteiger partial charge in [0.25, 0.3) is 5.56 Å². The molecule has 3 rings (SSSR count). The van der Waals surface area contributed by atoms with Crippen LogP contribution in [0.2, 0.25) is 0 Å². The molecular formula is C21H22F2N4O4S. The van der Waals surface area contributed by atoms with E-state index in [9.17, 15) is 13.6 Å². The van der Waals surface area contributed by atoms with Crippen molar-refractivity contribution in [3.05, 3.63) is 70.0 Å². The van der Waals surface area contributed by atoms with E-state index in [1.165, 1.54) is 12.3 Å². The summed E-state index contributed by atoms with van der Waals surface area (Å²) >= 11 is 0. The van der Waals surface area contributed by atoms with E-state index in [0.717, 1.165) is 12.1 Å². The lowest BCUT2D eigenvalue weighted by molar-refractivity contribution is 0.435. The van der Waals surface area contributed by atoms with E-state index in [2.05, 4.69) is 9.97 Å². The van der Waals surface area contributed by atoms with Crippen LogP contribution in [-0.2, 0) is 16.9 Å². The third kappa shape index (κ3) is 6.27. The number of benzene rings is 1. The van der Waals surface area contributed by atoms with E-state index in [1.807, 2.05) is 20.8 Å². The van der Waals surface area contributed by atoms with Gasteiger partial charge in [0, 0.05) is 35.9 Å². The summed E-state index contributed by atoms with van der Waals surface area (Å²) in [7, 11) is -2.61. The van der Waals surface area contributed by atoms with Crippen LogP contribution in [0, 0.1) is 23.3 Å². The molecule has 0 spiro atoms. The molecule has 0 atom stereocenters. The van der Waals surface area contributed by atoms with Gasteiger partial charge in [-0.2, -0.15) is 13.2 Å². The molecule has 1 aromatic carbocycles. The quantitative estimate of drug-likeness (QED) is 0.596. The standard InChI is InChI=1S/C21H21F2N3O2.HNO2S/c1-5-19-24-10-18(28-17-7-6-15(22)9-16(17)23)20(25-19)14-8-13(4)21(27)26(11-14)12(2)3;1-4(2)3/h6-12H,5H2,1-4H3;1H. The van der Waals surface area contributed by atoms with Crippen LogP contribution in [0.4, 0.5) is 8.78 Å². The summed E-state index contributed by atoms with van der Waals surface area (Å²) in [6.45, 7) is 7.47. The van der Waals surface area contributed by atoms with Crippen LogP contribution in [0.1, 0.15) is 38.2 Å². The van der Waals surface area contributed by atoms with Crippen molar-refractivity contribution in [2.75, 3.05) is 0 Å². The van der Waals surface area contributed by atoms with Crippen LogP contribution in [0.3, 0.4) is 0 Å². The van der Waals surface area contributed by atoms with Gasteiger partial charge >= 0.3 is 10.5 Å². The van der Waals surface area contributed by atoms with Crippen molar-refractivity contribution in [2.24, 2.45) is 0 Å². The Morgan fingerprint density at radius 3 is 2.41 bits per heavy atom. The van der Waals surface area contributed by atoms with Crippen LogP contribution in [-0.4, -0.2) is 23.0 Å². The van der Waals surface area contributed by atoms with Crippen molar-refractivity contribution in [3.63, 3.8) is 0 Å². The number of aryl methyl sites for hydroxylation is 2. The number of pyridine rings is 1.